The molecule has 1 aromatic carbocycles. The van der Waals surface area contributed by atoms with E-state index < -0.39 is 5.91 Å². The predicted octanol–water partition coefficient (Wildman–Crippen LogP) is 1.90. The number of rotatable bonds is 6. The summed E-state index contributed by atoms with van der Waals surface area (Å²) in [6.07, 6.45) is 3.61. The number of nitrogen functional groups attached to an aromatic ring is 1. The second kappa shape index (κ2) is 8.78. The summed E-state index contributed by atoms with van der Waals surface area (Å²) < 4.78 is 5.82. The van der Waals surface area contributed by atoms with Gasteiger partial charge < -0.3 is 5.73 Å². The first-order valence-corrected chi connectivity index (χ1v) is 9.82. The molecule has 1 saturated heterocycles. The van der Waals surface area contributed by atoms with Crippen molar-refractivity contribution in [1.82, 2.24) is 35.6 Å². The Morgan fingerprint density at radius 1 is 1.30 bits per heavy atom. The van der Waals surface area contributed by atoms with Gasteiger partial charge in [0.2, 0.25) is 11.6 Å². The third-order valence-corrected chi connectivity index (χ3v) is 5.12. The van der Waals surface area contributed by atoms with Crippen LogP contribution in [-0.2, 0) is 6.54 Å². The first-order chi connectivity index (χ1) is 14.5. The van der Waals surface area contributed by atoms with Crippen molar-refractivity contribution in [2.75, 3.05) is 18.8 Å². The third-order valence-electron chi connectivity index (χ3n) is 4.56. The van der Waals surface area contributed by atoms with Gasteiger partial charge in [0.25, 0.3) is 5.91 Å². The Morgan fingerprint density at radius 3 is 2.80 bits per heavy atom. The van der Waals surface area contributed by atoms with E-state index in [9.17, 15) is 4.79 Å². The molecule has 2 aromatic heterocycles. The van der Waals surface area contributed by atoms with Gasteiger partial charge >= 0.3 is 0 Å². The Kier molecular flexibility index (Phi) is 5.93. The van der Waals surface area contributed by atoms with Crippen LogP contribution in [0.4, 0.5) is 5.82 Å². The fourth-order valence-electron chi connectivity index (χ4n) is 3.11. The van der Waals surface area contributed by atoms with Crippen LogP contribution in [0.1, 0.15) is 34.6 Å². The SMILES string of the molecule is Nc1nonc1-n1nnc(CN2CCCC2)c1C(=O)N/N=C\c1ccc(Cl)cc1Cl. The molecule has 156 valence electrons. The summed E-state index contributed by atoms with van der Waals surface area (Å²) in [5.74, 6) is -0.485. The molecule has 30 heavy (non-hydrogen) atoms. The first kappa shape index (κ1) is 20.3. The van der Waals surface area contributed by atoms with Gasteiger partial charge in [-0.05, 0) is 48.4 Å². The molecule has 1 fully saturated rings. The Morgan fingerprint density at radius 2 is 2.10 bits per heavy atom. The number of nitrogens with one attached hydrogen (secondary N) is 1. The molecule has 4 rings (SSSR count). The number of nitrogens with two attached hydrogens (primary N) is 1. The topological polar surface area (TPSA) is 140 Å². The van der Waals surface area contributed by atoms with Gasteiger partial charge in [-0.3, -0.25) is 9.69 Å². The molecule has 1 amide bonds. The molecule has 0 unspecified atom stereocenters. The number of carbonyl (C=O) groups is 1. The highest BCUT2D eigenvalue weighted by Crippen LogP contribution is 2.20. The van der Waals surface area contributed by atoms with Gasteiger partial charge in [0.05, 0.1) is 11.2 Å². The summed E-state index contributed by atoms with van der Waals surface area (Å²) in [7, 11) is 0. The van der Waals surface area contributed by atoms with Gasteiger partial charge in [0.1, 0.15) is 5.69 Å². The average Bonchev–Trinajstić information content (AvgIpc) is 3.45. The number of halogens is 2. The Hall–Kier alpha value is -3.02. The molecule has 0 aliphatic carbocycles. The van der Waals surface area contributed by atoms with Gasteiger partial charge in [-0.1, -0.05) is 34.5 Å². The van der Waals surface area contributed by atoms with Crippen LogP contribution in [0, 0.1) is 0 Å². The van der Waals surface area contributed by atoms with Crippen molar-refractivity contribution in [2.45, 2.75) is 19.4 Å². The number of carbonyl (C=O) groups excluding carboxylic acids is 1. The highest BCUT2D eigenvalue weighted by Gasteiger charge is 2.26. The first-order valence-electron chi connectivity index (χ1n) is 9.06. The maximum absolute atomic E-state index is 12.9. The molecular weight excluding hydrogens is 433 g/mol. The molecule has 3 heterocycles. The zero-order valence-corrected chi connectivity index (χ0v) is 17.1. The quantitative estimate of drug-likeness (QED) is 0.429. The van der Waals surface area contributed by atoms with Gasteiger partial charge in [-0.2, -0.15) is 9.78 Å². The van der Waals surface area contributed by atoms with Crippen LogP contribution >= 0.6 is 23.2 Å². The number of hydrogen-bond donors (Lipinski definition) is 2. The van der Waals surface area contributed by atoms with Crippen molar-refractivity contribution in [1.29, 1.82) is 0 Å². The summed E-state index contributed by atoms with van der Waals surface area (Å²) in [4.78, 5) is 15.1. The lowest BCUT2D eigenvalue weighted by Crippen LogP contribution is -2.26. The third kappa shape index (κ3) is 4.27. The minimum Gasteiger partial charge on any atom is -0.378 e. The number of anilines is 1. The standard InChI is InChI=1S/C17H17Cl2N9O2/c18-11-4-3-10(12(19)7-11)8-21-23-17(29)14-13(9-27-5-1-2-6-27)22-26-28(14)16-15(20)24-30-25-16/h3-4,7-8H,1-2,5-6,9H2,(H2,20,24)(H,23,29)/b21-8-. The number of hydrogen-bond acceptors (Lipinski definition) is 9. The molecular formula is C17H17Cl2N9O2. The lowest BCUT2D eigenvalue weighted by Gasteiger charge is -2.13. The summed E-state index contributed by atoms with van der Waals surface area (Å²) in [5, 5.41) is 20.3. The number of nitrogens with zero attached hydrogens (tertiary/aromatic N) is 7. The molecule has 0 radical (unpaired) electrons. The predicted molar refractivity (Wildman–Crippen MR) is 110 cm³/mol. The maximum atomic E-state index is 12.9. The van der Waals surface area contributed by atoms with Gasteiger partial charge in [0, 0.05) is 17.1 Å². The molecule has 13 heteroatoms. The zero-order chi connectivity index (χ0) is 21.1. The van der Waals surface area contributed by atoms with Crippen LogP contribution in [-0.4, -0.2) is 55.4 Å². The summed E-state index contributed by atoms with van der Waals surface area (Å²) in [5.41, 5.74) is 9.43. The smallest absolute Gasteiger partial charge is 0.292 e. The number of amides is 1. The van der Waals surface area contributed by atoms with E-state index in [2.05, 4.69) is 40.7 Å². The van der Waals surface area contributed by atoms with Crippen molar-refractivity contribution in [2.24, 2.45) is 5.10 Å². The van der Waals surface area contributed by atoms with E-state index in [-0.39, 0.29) is 17.3 Å². The minimum absolute atomic E-state index is 0.0156. The highest BCUT2D eigenvalue weighted by atomic mass is 35.5. The summed E-state index contributed by atoms with van der Waals surface area (Å²) in [6.45, 7) is 2.31. The molecule has 1 aliphatic rings. The number of aromatic nitrogens is 5. The van der Waals surface area contributed by atoms with E-state index in [1.165, 1.54) is 10.9 Å². The maximum Gasteiger partial charge on any atom is 0.292 e. The number of likely N-dealkylation sites (tertiary alicyclic amines) is 1. The van der Waals surface area contributed by atoms with Gasteiger partial charge in [-0.25, -0.2) is 10.1 Å². The lowest BCUT2D eigenvalue weighted by molar-refractivity contribution is 0.0945. The van der Waals surface area contributed by atoms with E-state index in [1.807, 2.05) is 0 Å². The van der Waals surface area contributed by atoms with Gasteiger partial charge in [0.15, 0.2) is 5.69 Å². The van der Waals surface area contributed by atoms with Gasteiger partial charge in [-0.15, -0.1) is 5.10 Å². The van der Waals surface area contributed by atoms with Crippen molar-refractivity contribution in [3.05, 3.63) is 45.2 Å². The average molecular weight is 450 g/mol. The molecule has 0 atom stereocenters. The van der Waals surface area contributed by atoms with Crippen LogP contribution in [0.5, 0.6) is 0 Å². The number of benzene rings is 1. The lowest BCUT2D eigenvalue weighted by atomic mass is 10.2. The Balaban J connectivity index is 1.60. The summed E-state index contributed by atoms with van der Waals surface area (Å²) >= 11 is 12.0. The van der Waals surface area contributed by atoms with E-state index in [4.69, 9.17) is 28.9 Å². The monoisotopic (exact) mass is 449 g/mol. The second-order valence-electron chi connectivity index (χ2n) is 6.62. The summed E-state index contributed by atoms with van der Waals surface area (Å²) in [6, 6.07) is 4.94. The van der Waals surface area contributed by atoms with Crippen LogP contribution in [0.15, 0.2) is 27.9 Å². The van der Waals surface area contributed by atoms with Crippen LogP contribution in [0.2, 0.25) is 10.0 Å². The van der Waals surface area contributed by atoms with Crippen molar-refractivity contribution in [3.8, 4) is 5.82 Å². The van der Waals surface area contributed by atoms with Crippen molar-refractivity contribution in [3.63, 3.8) is 0 Å². The Bertz CT molecular complexity index is 1090. The molecule has 0 spiro atoms. The van der Waals surface area contributed by atoms with E-state index in [0.29, 0.717) is 27.8 Å². The second-order valence-corrected chi connectivity index (χ2v) is 7.46. The van der Waals surface area contributed by atoms with Crippen molar-refractivity contribution < 1.29 is 9.42 Å². The van der Waals surface area contributed by atoms with Crippen LogP contribution in [0.3, 0.4) is 0 Å². The largest absolute Gasteiger partial charge is 0.378 e. The van der Waals surface area contributed by atoms with E-state index in [1.54, 1.807) is 18.2 Å². The molecule has 0 saturated carbocycles. The Labute approximate surface area is 180 Å². The normalized spacial score (nSPS) is 14.6. The highest BCUT2D eigenvalue weighted by molar-refractivity contribution is 6.36. The molecule has 11 nitrogen and oxygen atoms in total. The fraction of sp³-hybridized carbons (Fsp3) is 0.294. The molecule has 1 aliphatic heterocycles. The van der Waals surface area contributed by atoms with E-state index >= 15 is 0 Å². The fourth-order valence-corrected chi connectivity index (χ4v) is 3.56. The molecule has 3 aromatic rings. The zero-order valence-electron chi connectivity index (χ0n) is 15.6. The molecule has 0 bridgehead atoms. The van der Waals surface area contributed by atoms with Crippen LogP contribution < -0.4 is 11.2 Å². The van der Waals surface area contributed by atoms with Crippen LogP contribution in [0.25, 0.3) is 5.82 Å². The van der Waals surface area contributed by atoms with Crippen molar-refractivity contribution >= 4 is 41.1 Å². The minimum atomic E-state index is -0.544. The number of hydrazone groups is 1. The van der Waals surface area contributed by atoms with E-state index in [0.717, 1.165) is 25.9 Å². The molecule has 3 N–H and O–H groups in total.